The Bertz CT molecular complexity index is 375. The smallest absolute Gasteiger partial charge is 0.0551 e. The number of rotatable bonds is 2. The van der Waals surface area contributed by atoms with Crippen LogP contribution in [0.5, 0.6) is 0 Å². The van der Waals surface area contributed by atoms with E-state index in [2.05, 4.69) is 39.0 Å². The average Bonchev–Trinajstić information content (AvgIpc) is 2.64. The first-order valence-corrected chi connectivity index (χ1v) is 6.02. The van der Waals surface area contributed by atoms with E-state index in [0.717, 1.165) is 13.0 Å². The predicted octanol–water partition coefficient (Wildman–Crippen LogP) is 2.73. The molecule has 0 aromatic heterocycles. The van der Waals surface area contributed by atoms with Crippen molar-refractivity contribution in [3.63, 3.8) is 0 Å². The SMILES string of the molecule is Cc1ccc(C(N)C2COC(C)C2)c(C)c1. The molecular formula is C14H21NO. The molecule has 1 aliphatic heterocycles. The van der Waals surface area contributed by atoms with Gasteiger partial charge in [-0.3, -0.25) is 0 Å². The van der Waals surface area contributed by atoms with E-state index in [9.17, 15) is 0 Å². The highest BCUT2D eigenvalue weighted by molar-refractivity contribution is 5.33. The molecule has 0 aliphatic carbocycles. The first kappa shape index (κ1) is 11.6. The van der Waals surface area contributed by atoms with E-state index in [1.165, 1.54) is 16.7 Å². The summed E-state index contributed by atoms with van der Waals surface area (Å²) in [6.07, 6.45) is 1.44. The third-order valence-corrected chi connectivity index (χ3v) is 3.52. The molecule has 3 atom stereocenters. The van der Waals surface area contributed by atoms with Gasteiger partial charge in [0.05, 0.1) is 12.7 Å². The van der Waals surface area contributed by atoms with Crippen LogP contribution in [0, 0.1) is 19.8 Å². The maximum absolute atomic E-state index is 6.33. The Morgan fingerprint density at radius 1 is 1.38 bits per heavy atom. The zero-order valence-corrected chi connectivity index (χ0v) is 10.4. The molecule has 2 nitrogen and oxygen atoms in total. The van der Waals surface area contributed by atoms with Gasteiger partial charge in [-0.25, -0.2) is 0 Å². The number of hydrogen-bond donors (Lipinski definition) is 1. The maximum atomic E-state index is 6.33. The summed E-state index contributed by atoms with van der Waals surface area (Å²) >= 11 is 0. The first-order chi connectivity index (χ1) is 7.58. The Labute approximate surface area is 97.8 Å². The fourth-order valence-electron chi connectivity index (χ4n) is 2.55. The summed E-state index contributed by atoms with van der Waals surface area (Å²) < 4.78 is 5.59. The Balaban J connectivity index is 2.17. The lowest BCUT2D eigenvalue weighted by Crippen LogP contribution is -2.22. The van der Waals surface area contributed by atoms with Gasteiger partial charge < -0.3 is 10.5 Å². The minimum atomic E-state index is 0.116. The van der Waals surface area contributed by atoms with Crippen LogP contribution < -0.4 is 5.73 Å². The normalized spacial score (nSPS) is 27.0. The molecule has 1 heterocycles. The molecule has 2 N–H and O–H groups in total. The van der Waals surface area contributed by atoms with Crippen molar-refractivity contribution in [2.24, 2.45) is 11.7 Å². The summed E-state index contributed by atoms with van der Waals surface area (Å²) in [5, 5.41) is 0. The molecule has 16 heavy (non-hydrogen) atoms. The summed E-state index contributed by atoms with van der Waals surface area (Å²) in [6.45, 7) is 7.18. The van der Waals surface area contributed by atoms with E-state index in [4.69, 9.17) is 10.5 Å². The number of hydrogen-bond acceptors (Lipinski definition) is 2. The third-order valence-electron chi connectivity index (χ3n) is 3.52. The van der Waals surface area contributed by atoms with Gasteiger partial charge in [-0.2, -0.15) is 0 Å². The average molecular weight is 219 g/mol. The van der Waals surface area contributed by atoms with Crippen molar-refractivity contribution in [2.75, 3.05) is 6.61 Å². The van der Waals surface area contributed by atoms with Crippen LogP contribution in [0.25, 0.3) is 0 Å². The molecule has 1 saturated heterocycles. The van der Waals surface area contributed by atoms with Crippen molar-refractivity contribution in [1.29, 1.82) is 0 Å². The molecule has 1 fully saturated rings. The Hall–Kier alpha value is -0.860. The van der Waals surface area contributed by atoms with Gasteiger partial charge in [0.1, 0.15) is 0 Å². The minimum absolute atomic E-state index is 0.116. The highest BCUT2D eigenvalue weighted by Crippen LogP contribution is 2.31. The lowest BCUT2D eigenvalue weighted by molar-refractivity contribution is 0.118. The summed E-state index contributed by atoms with van der Waals surface area (Å²) in [5.41, 5.74) is 10.2. The van der Waals surface area contributed by atoms with Crippen LogP contribution in [-0.2, 0) is 4.74 Å². The van der Waals surface area contributed by atoms with Crippen molar-refractivity contribution >= 4 is 0 Å². The van der Waals surface area contributed by atoms with E-state index in [0.29, 0.717) is 12.0 Å². The van der Waals surface area contributed by atoms with Gasteiger partial charge in [0.15, 0.2) is 0 Å². The minimum Gasteiger partial charge on any atom is -0.378 e. The molecular weight excluding hydrogens is 198 g/mol. The maximum Gasteiger partial charge on any atom is 0.0551 e. The van der Waals surface area contributed by atoms with E-state index in [1.54, 1.807) is 0 Å². The standard InChI is InChI=1S/C14H21NO/c1-9-4-5-13(10(2)6-9)14(15)12-7-11(3)16-8-12/h4-6,11-12,14H,7-8,15H2,1-3H3. The number of ether oxygens (including phenoxy) is 1. The number of aryl methyl sites for hydroxylation is 2. The van der Waals surface area contributed by atoms with Gasteiger partial charge in [-0.15, -0.1) is 0 Å². The van der Waals surface area contributed by atoms with Crippen LogP contribution in [0.3, 0.4) is 0 Å². The molecule has 0 spiro atoms. The highest BCUT2D eigenvalue weighted by Gasteiger charge is 2.28. The lowest BCUT2D eigenvalue weighted by atomic mass is 9.89. The van der Waals surface area contributed by atoms with Gasteiger partial charge in [0.2, 0.25) is 0 Å². The fourth-order valence-corrected chi connectivity index (χ4v) is 2.55. The zero-order chi connectivity index (χ0) is 11.7. The number of benzene rings is 1. The third kappa shape index (κ3) is 2.28. The molecule has 88 valence electrons. The second-order valence-corrected chi connectivity index (χ2v) is 5.03. The molecule has 0 saturated carbocycles. The second-order valence-electron chi connectivity index (χ2n) is 5.03. The van der Waals surface area contributed by atoms with Gasteiger partial charge in [0.25, 0.3) is 0 Å². The number of nitrogens with two attached hydrogens (primary N) is 1. The van der Waals surface area contributed by atoms with E-state index in [1.807, 2.05) is 0 Å². The van der Waals surface area contributed by atoms with E-state index < -0.39 is 0 Å². The molecule has 1 aromatic rings. The van der Waals surface area contributed by atoms with Gasteiger partial charge in [-0.05, 0) is 38.3 Å². The quantitative estimate of drug-likeness (QED) is 0.830. The van der Waals surface area contributed by atoms with Crippen molar-refractivity contribution in [2.45, 2.75) is 39.3 Å². The van der Waals surface area contributed by atoms with Crippen LogP contribution in [-0.4, -0.2) is 12.7 Å². The Morgan fingerprint density at radius 3 is 2.69 bits per heavy atom. The van der Waals surface area contributed by atoms with Crippen LogP contribution in [0.1, 0.15) is 36.1 Å². The van der Waals surface area contributed by atoms with E-state index in [-0.39, 0.29) is 6.04 Å². The molecule has 1 aliphatic rings. The fraction of sp³-hybridized carbons (Fsp3) is 0.571. The monoisotopic (exact) mass is 219 g/mol. The highest BCUT2D eigenvalue weighted by atomic mass is 16.5. The Kier molecular flexibility index (Phi) is 3.31. The van der Waals surface area contributed by atoms with Gasteiger partial charge in [-0.1, -0.05) is 23.8 Å². The van der Waals surface area contributed by atoms with Crippen molar-refractivity contribution in [1.82, 2.24) is 0 Å². The summed E-state index contributed by atoms with van der Waals surface area (Å²) in [7, 11) is 0. The molecule has 0 bridgehead atoms. The van der Waals surface area contributed by atoms with E-state index >= 15 is 0 Å². The summed E-state index contributed by atoms with van der Waals surface area (Å²) in [4.78, 5) is 0. The molecule has 0 amide bonds. The summed E-state index contributed by atoms with van der Waals surface area (Å²) in [6, 6.07) is 6.62. The van der Waals surface area contributed by atoms with Crippen molar-refractivity contribution < 1.29 is 4.74 Å². The molecule has 0 radical (unpaired) electrons. The van der Waals surface area contributed by atoms with Crippen LogP contribution in [0.4, 0.5) is 0 Å². The largest absolute Gasteiger partial charge is 0.378 e. The zero-order valence-electron chi connectivity index (χ0n) is 10.4. The molecule has 2 heteroatoms. The Morgan fingerprint density at radius 2 is 2.12 bits per heavy atom. The second kappa shape index (κ2) is 4.56. The van der Waals surface area contributed by atoms with Crippen LogP contribution >= 0.6 is 0 Å². The van der Waals surface area contributed by atoms with Crippen LogP contribution in [0.15, 0.2) is 18.2 Å². The molecule has 3 unspecified atom stereocenters. The molecule has 2 rings (SSSR count). The van der Waals surface area contributed by atoms with Gasteiger partial charge >= 0.3 is 0 Å². The van der Waals surface area contributed by atoms with Crippen LogP contribution in [0.2, 0.25) is 0 Å². The topological polar surface area (TPSA) is 35.2 Å². The molecule has 1 aromatic carbocycles. The van der Waals surface area contributed by atoms with Crippen molar-refractivity contribution in [3.05, 3.63) is 34.9 Å². The first-order valence-electron chi connectivity index (χ1n) is 6.02. The lowest BCUT2D eigenvalue weighted by Gasteiger charge is -2.20. The van der Waals surface area contributed by atoms with Gasteiger partial charge in [0, 0.05) is 12.0 Å². The van der Waals surface area contributed by atoms with Crippen molar-refractivity contribution in [3.8, 4) is 0 Å². The predicted molar refractivity (Wildman–Crippen MR) is 66.4 cm³/mol. The summed E-state index contributed by atoms with van der Waals surface area (Å²) in [5.74, 6) is 0.469.